The number of rotatable bonds is 4. The molecule has 1 aromatic rings. The molecule has 5 nitrogen and oxygen atoms in total. The first kappa shape index (κ1) is 16.7. The first-order valence-electron chi connectivity index (χ1n) is 6.25. The summed E-state index contributed by atoms with van der Waals surface area (Å²) in [6.45, 7) is 2.90. The predicted octanol–water partition coefficient (Wildman–Crippen LogP) is 0.553. The monoisotopic (exact) mass is 292 g/mol. The highest BCUT2D eigenvalue weighted by atomic mass is 19.1. The number of primary amides is 1. The maximum absolute atomic E-state index is 13.2. The molecule has 0 unspecified atom stereocenters. The number of hydrogen-bond donors (Lipinski definition) is 3. The number of halogens is 1. The van der Waals surface area contributed by atoms with Gasteiger partial charge in [0.05, 0.1) is 5.56 Å². The van der Waals surface area contributed by atoms with Crippen LogP contribution in [0.15, 0.2) is 18.2 Å². The van der Waals surface area contributed by atoms with Crippen LogP contribution in [0.25, 0.3) is 0 Å². The molecule has 6 heteroatoms. The number of benzene rings is 1. The van der Waals surface area contributed by atoms with Gasteiger partial charge in [-0.2, -0.15) is 0 Å². The molecular formula is C15H17FN2O3. The highest BCUT2D eigenvalue weighted by molar-refractivity contribution is 5.97. The lowest BCUT2D eigenvalue weighted by atomic mass is 9.98. The Bertz CT molecular complexity index is 615. The number of hydrogen-bond acceptors (Lipinski definition) is 3. The molecule has 0 spiro atoms. The van der Waals surface area contributed by atoms with E-state index in [0.29, 0.717) is 0 Å². The summed E-state index contributed by atoms with van der Waals surface area (Å²) in [7, 11) is 0. The van der Waals surface area contributed by atoms with Crippen molar-refractivity contribution in [2.24, 2.45) is 5.73 Å². The fourth-order valence-electron chi connectivity index (χ4n) is 1.81. The van der Waals surface area contributed by atoms with Gasteiger partial charge in [0.2, 0.25) is 5.91 Å². The van der Waals surface area contributed by atoms with E-state index >= 15 is 0 Å². The Kier molecular flexibility index (Phi) is 5.44. The van der Waals surface area contributed by atoms with Crippen molar-refractivity contribution in [1.29, 1.82) is 0 Å². The third kappa shape index (κ3) is 5.24. The van der Waals surface area contributed by atoms with E-state index in [4.69, 9.17) is 10.8 Å². The normalized spacial score (nSPS) is 10.5. The van der Waals surface area contributed by atoms with Crippen molar-refractivity contribution in [3.05, 3.63) is 35.1 Å². The molecule has 1 rings (SSSR count). The smallest absolute Gasteiger partial charge is 0.252 e. The second-order valence-corrected chi connectivity index (χ2v) is 5.13. The molecule has 0 saturated heterocycles. The van der Waals surface area contributed by atoms with E-state index in [9.17, 15) is 14.0 Å². The minimum absolute atomic E-state index is 0.0302. The Morgan fingerprint density at radius 1 is 1.43 bits per heavy atom. The fourth-order valence-corrected chi connectivity index (χ4v) is 1.81. The van der Waals surface area contributed by atoms with Crippen molar-refractivity contribution >= 4 is 11.8 Å². The van der Waals surface area contributed by atoms with Crippen LogP contribution >= 0.6 is 0 Å². The van der Waals surface area contributed by atoms with Crippen LogP contribution in [0.2, 0.25) is 0 Å². The van der Waals surface area contributed by atoms with Crippen molar-refractivity contribution in [1.82, 2.24) is 5.32 Å². The Morgan fingerprint density at radius 3 is 2.67 bits per heavy atom. The second kappa shape index (κ2) is 6.86. The van der Waals surface area contributed by atoms with Crippen LogP contribution in [0.3, 0.4) is 0 Å². The number of aliphatic hydroxyl groups excluding tert-OH is 1. The molecule has 4 N–H and O–H groups in total. The molecule has 0 aromatic heterocycles. The van der Waals surface area contributed by atoms with E-state index in [2.05, 4.69) is 17.2 Å². The summed E-state index contributed by atoms with van der Waals surface area (Å²) in [5.74, 6) is 3.31. The minimum atomic E-state index is -0.834. The van der Waals surface area contributed by atoms with Gasteiger partial charge in [-0.3, -0.25) is 9.59 Å². The average molecular weight is 292 g/mol. The van der Waals surface area contributed by atoms with Crippen molar-refractivity contribution < 1.29 is 19.1 Å². The van der Waals surface area contributed by atoms with E-state index < -0.39 is 29.8 Å². The van der Waals surface area contributed by atoms with Gasteiger partial charge in [-0.05, 0) is 32.0 Å². The van der Waals surface area contributed by atoms with Crippen molar-refractivity contribution in [3.8, 4) is 11.8 Å². The number of amides is 2. The van der Waals surface area contributed by atoms with Gasteiger partial charge in [-0.25, -0.2) is 4.39 Å². The van der Waals surface area contributed by atoms with Crippen LogP contribution in [0.5, 0.6) is 0 Å². The lowest BCUT2D eigenvalue weighted by Gasteiger charge is -2.25. The molecular weight excluding hydrogens is 275 g/mol. The zero-order valence-corrected chi connectivity index (χ0v) is 11.9. The van der Waals surface area contributed by atoms with Gasteiger partial charge < -0.3 is 16.2 Å². The van der Waals surface area contributed by atoms with Gasteiger partial charge in [-0.1, -0.05) is 11.8 Å². The van der Waals surface area contributed by atoms with Gasteiger partial charge in [0, 0.05) is 17.5 Å². The van der Waals surface area contributed by atoms with E-state index in [-0.39, 0.29) is 17.5 Å². The van der Waals surface area contributed by atoms with Gasteiger partial charge in [-0.15, -0.1) is 0 Å². The molecule has 0 saturated carbocycles. The maximum Gasteiger partial charge on any atom is 0.252 e. The van der Waals surface area contributed by atoms with Crippen LogP contribution in [0.4, 0.5) is 4.39 Å². The van der Waals surface area contributed by atoms with E-state index in [0.717, 1.165) is 12.1 Å². The van der Waals surface area contributed by atoms with Gasteiger partial charge in [0.1, 0.15) is 12.4 Å². The van der Waals surface area contributed by atoms with Crippen LogP contribution < -0.4 is 11.1 Å². The van der Waals surface area contributed by atoms with Crippen molar-refractivity contribution in [2.75, 3.05) is 6.61 Å². The standard InChI is InChI=1S/C15H17FN2O3/c1-15(2,9-13(17)20)18-14(21)12-6-5-11(16)8-10(12)4-3-7-19/h5-6,8,19H,7,9H2,1-2H3,(H2,17,20)(H,18,21). The quantitative estimate of drug-likeness (QED) is 0.708. The second-order valence-electron chi connectivity index (χ2n) is 5.13. The molecule has 21 heavy (non-hydrogen) atoms. The lowest BCUT2D eigenvalue weighted by Crippen LogP contribution is -2.46. The van der Waals surface area contributed by atoms with Crippen molar-refractivity contribution in [2.45, 2.75) is 25.8 Å². The Labute approximate surface area is 122 Å². The SMILES string of the molecule is CC(C)(CC(N)=O)NC(=O)c1ccc(F)cc1C#CCO. The highest BCUT2D eigenvalue weighted by Gasteiger charge is 2.24. The predicted molar refractivity (Wildman–Crippen MR) is 75.7 cm³/mol. The molecule has 0 radical (unpaired) electrons. The summed E-state index contributed by atoms with van der Waals surface area (Å²) < 4.78 is 13.2. The average Bonchev–Trinajstić information content (AvgIpc) is 2.33. The van der Waals surface area contributed by atoms with Crippen LogP contribution in [-0.2, 0) is 4.79 Å². The summed E-state index contributed by atoms with van der Waals surface area (Å²) in [5.41, 5.74) is 4.61. The van der Waals surface area contributed by atoms with Crippen molar-refractivity contribution in [3.63, 3.8) is 0 Å². The molecule has 112 valence electrons. The largest absolute Gasteiger partial charge is 0.384 e. The molecule has 1 aromatic carbocycles. The maximum atomic E-state index is 13.2. The van der Waals surface area contributed by atoms with E-state index in [1.54, 1.807) is 13.8 Å². The molecule has 0 atom stereocenters. The third-order valence-electron chi connectivity index (χ3n) is 2.60. The summed E-state index contributed by atoms with van der Waals surface area (Å²) in [6.07, 6.45) is -0.0302. The fraction of sp³-hybridized carbons (Fsp3) is 0.333. The zero-order chi connectivity index (χ0) is 16.0. The molecule has 2 amide bonds. The highest BCUT2D eigenvalue weighted by Crippen LogP contribution is 2.14. The Morgan fingerprint density at radius 2 is 2.10 bits per heavy atom. The number of carbonyl (C=O) groups is 2. The minimum Gasteiger partial charge on any atom is -0.384 e. The number of aliphatic hydroxyl groups is 1. The first-order valence-corrected chi connectivity index (χ1v) is 6.25. The van der Waals surface area contributed by atoms with Crippen LogP contribution in [-0.4, -0.2) is 29.1 Å². The van der Waals surface area contributed by atoms with Crippen LogP contribution in [0, 0.1) is 17.7 Å². The number of nitrogens with one attached hydrogen (secondary N) is 1. The Balaban J connectivity index is 3.04. The van der Waals surface area contributed by atoms with E-state index in [1.807, 2.05) is 0 Å². The lowest BCUT2D eigenvalue weighted by molar-refractivity contribution is -0.119. The molecule has 0 aliphatic carbocycles. The molecule has 0 heterocycles. The number of carbonyl (C=O) groups excluding carboxylic acids is 2. The first-order chi connectivity index (χ1) is 9.75. The van der Waals surface area contributed by atoms with Gasteiger partial charge in [0.25, 0.3) is 5.91 Å². The summed E-state index contributed by atoms with van der Waals surface area (Å²) in [6, 6.07) is 3.55. The molecule has 0 fully saturated rings. The van der Waals surface area contributed by atoms with E-state index in [1.165, 1.54) is 6.07 Å². The number of nitrogens with two attached hydrogens (primary N) is 1. The van der Waals surface area contributed by atoms with Gasteiger partial charge in [0.15, 0.2) is 0 Å². The summed E-state index contributed by atoms with van der Waals surface area (Å²) in [5, 5.41) is 11.3. The summed E-state index contributed by atoms with van der Waals surface area (Å²) >= 11 is 0. The van der Waals surface area contributed by atoms with Gasteiger partial charge >= 0.3 is 0 Å². The molecule has 0 aliphatic heterocycles. The Hall–Kier alpha value is -2.39. The molecule has 0 bridgehead atoms. The summed E-state index contributed by atoms with van der Waals surface area (Å²) in [4.78, 5) is 23.2. The molecule has 0 aliphatic rings. The zero-order valence-electron chi connectivity index (χ0n) is 11.9. The van der Waals surface area contributed by atoms with Crippen LogP contribution in [0.1, 0.15) is 36.2 Å². The topological polar surface area (TPSA) is 92.4 Å². The third-order valence-corrected chi connectivity index (χ3v) is 2.60.